The molecule has 0 aromatic heterocycles. The highest BCUT2D eigenvalue weighted by atomic mass is 79.9. The molecule has 0 bridgehead atoms. The Labute approximate surface area is 129 Å². The zero-order valence-electron chi connectivity index (χ0n) is 12.3. The van der Waals surface area contributed by atoms with Gasteiger partial charge in [-0.2, -0.15) is 0 Å². The zero-order valence-corrected chi connectivity index (χ0v) is 13.9. The van der Waals surface area contributed by atoms with Crippen molar-refractivity contribution >= 4 is 21.8 Å². The van der Waals surface area contributed by atoms with E-state index < -0.39 is 5.54 Å². The minimum Gasteiger partial charge on any atom is -0.343 e. The summed E-state index contributed by atoms with van der Waals surface area (Å²) < 4.78 is 1.04. The lowest BCUT2D eigenvalue weighted by molar-refractivity contribution is -0.149. The van der Waals surface area contributed by atoms with Gasteiger partial charge in [0.05, 0.1) is 5.54 Å². The lowest BCUT2D eigenvalue weighted by Gasteiger charge is -2.48. The van der Waals surface area contributed by atoms with Gasteiger partial charge in [-0.05, 0) is 25.5 Å². The number of amides is 1. The van der Waals surface area contributed by atoms with Gasteiger partial charge in [0.25, 0.3) is 0 Å². The summed E-state index contributed by atoms with van der Waals surface area (Å²) in [5, 5.41) is 0. The number of carbonyl (C=O) groups is 1. The van der Waals surface area contributed by atoms with Crippen LogP contribution in [0.1, 0.15) is 25.5 Å². The Morgan fingerprint density at radius 3 is 2.60 bits per heavy atom. The summed E-state index contributed by atoms with van der Waals surface area (Å²) in [6.45, 7) is 6.01. The summed E-state index contributed by atoms with van der Waals surface area (Å²) in [5.41, 5.74) is 6.62. The summed E-state index contributed by atoms with van der Waals surface area (Å²) in [4.78, 5) is 16.4. The quantitative estimate of drug-likeness (QED) is 0.916. The largest absolute Gasteiger partial charge is 0.343 e. The van der Waals surface area contributed by atoms with Gasteiger partial charge in [0.15, 0.2) is 0 Å². The molecule has 1 atom stereocenters. The van der Waals surface area contributed by atoms with Gasteiger partial charge in [-0.25, -0.2) is 0 Å². The molecule has 0 spiro atoms. The predicted octanol–water partition coefficient (Wildman–Crippen LogP) is 2.00. The molecule has 5 heteroatoms. The highest BCUT2D eigenvalue weighted by Gasteiger charge is 2.43. The standard InChI is InChI=1S/C15H22BrN3O/c1-15(2)14(20)18(3)8-9-19(15)13(10-17)11-6-4-5-7-12(11)16/h4-7,13H,8-10,17H2,1-3H3. The Kier molecular flexibility index (Phi) is 4.52. The van der Waals surface area contributed by atoms with E-state index in [4.69, 9.17) is 5.73 Å². The molecule has 1 aliphatic rings. The van der Waals surface area contributed by atoms with E-state index in [9.17, 15) is 4.79 Å². The predicted molar refractivity (Wildman–Crippen MR) is 84.4 cm³/mol. The van der Waals surface area contributed by atoms with Crippen molar-refractivity contribution in [2.75, 3.05) is 26.7 Å². The van der Waals surface area contributed by atoms with Gasteiger partial charge in [0.1, 0.15) is 0 Å². The van der Waals surface area contributed by atoms with Crippen LogP contribution in [0.5, 0.6) is 0 Å². The third-order valence-electron chi connectivity index (χ3n) is 4.13. The van der Waals surface area contributed by atoms with Gasteiger partial charge < -0.3 is 10.6 Å². The normalized spacial score (nSPS) is 21.1. The molecule has 1 aromatic carbocycles. The SMILES string of the molecule is CN1CCN(C(CN)c2ccccc2Br)C(C)(C)C1=O. The fraction of sp³-hybridized carbons (Fsp3) is 0.533. The first-order valence-corrected chi connectivity index (χ1v) is 7.65. The van der Waals surface area contributed by atoms with Crippen molar-refractivity contribution in [3.05, 3.63) is 34.3 Å². The number of carbonyl (C=O) groups excluding carboxylic acids is 1. The molecular formula is C15H22BrN3O. The van der Waals surface area contributed by atoms with Gasteiger partial charge in [0, 0.05) is 37.2 Å². The Morgan fingerprint density at radius 2 is 2.00 bits per heavy atom. The van der Waals surface area contributed by atoms with Crippen molar-refractivity contribution in [1.82, 2.24) is 9.80 Å². The number of hydrogen-bond donors (Lipinski definition) is 1. The van der Waals surface area contributed by atoms with E-state index >= 15 is 0 Å². The number of nitrogens with two attached hydrogens (primary N) is 1. The lowest BCUT2D eigenvalue weighted by atomic mass is 9.92. The molecule has 1 saturated heterocycles. The molecule has 0 saturated carbocycles. The van der Waals surface area contributed by atoms with Crippen LogP contribution in [0.4, 0.5) is 0 Å². The third-order valence-corrected chi connectivity index (χ3v) is 4.85. The van der Waals surface area contributed by atoms with Gasteiger partial charge in [-0.1, -0.05) is 34.1 Å². The van der Waals surface area contributed by atoms with Crippen LogP contribution >= 0.6 is 15.9 Å². The topological polar surface area (TPSA) is 49.6 Å². The second-order valence-electron chi connectivity index (χ2n) is 5.75. The first kappa shape index (κ1) is 15.5. The number of nitrogens with zero attached hydrogens (tertiary/aromatic N) is 2. The van der Waals surface area contributed by atoms with Crippen LogP contribution in [0.25, 0.3) is 0 Å². The molecule has 110 valence electrons. The van der Waals surface area contributed by atoms with E-state index in [1.807, 2.05) is 39.1 Å². The maximum atomic E-state index is 12.4. The van der Waals surface area contributed by atoms with E-state index in [1.54, 1.807) is 4.90 Å². The second kappa shape index (κ2) is 5.84. The third kappa shape index (κ3) is 2.62. The fourth-order valence-corrected chi connectivity index (χ4v) is 3.49. The minimum atomic E-state index is -0.535. The van der Waals surface area contributed by atoms with Gasteiger partial charge in [-0.15, -0.1) is 0 Å². The molecule has 4 nitrogen and oxygen atoms in total. The van der Waals surface area contributed by atoms with Crippen LogP contribution in [0.2, 0.25) is 0 Å². The molecule has 1 aliphatic heterocycles. The van der Waals surface area contributed by atoms with Crippen LogP contribution in [-0.2, 0) is 4.79 Å². The van der Waals surface area contributed by atoms with Crippen molar-refractivity contribution in [1.29, 1.82) is 0 Å². The monoisotopic (exact) mass is 339 g/mol. The fourth-order valence-electron chi connectivity index (χ4n) is 2.94. The molecule has 2 N–H and O–H groups in total. The summed E-state index contributed by atoms with van der Waals surface area (Å²) in [6, 6.07) is 8.12. The van der Waals surface area contributed by atoms with Crippen molar-refractivity contribution < 1.29 is 4.79 Å². The van der Waals surface area contributed by atoms with E-state index in [-0.39, 0.29) is 11.9 Å². The Morgan fingerprint density at radius 1 is 1.35 bits per heavy atom. The molecule has 1 fully saturated rings. The number of halogens is 1. The summed E-state index contributed by atoms with van der Waals surface area (Å²) in [6.07, 6.45) is 0. The Hall–Kier alpha value is -0.910. The van der Waals surface area contributed by atoms with Crippen LogP contribution in [0, 0.1) is 0 Å². The average molecular weight is 340 g/mol. The van der Waals surface area contributed by atoms with E-state index in [1.165, 1.54) is 0 Å². The molecule has 2 rings (SSSR count). The second-order valence-corrected chi connectivity index (χ2v) is 6.61. The minimum absolute atomic E-state index is 0.0400. The molecule has 0 radical (unpaired) electrons. The van der Waals surface area contributed by atoms with Crippen LogP contribution in [0.3, 0.4) is 0 Å². The van der Waals surface area contributed by atoms with Gasteiger partial charge >= 0.3 is 0 Å². The first-order chi connectivity index (χ1) is 9.39. The van der Waals surface area contributed by atoms with Crippen molar-refractivity contribution in [3.63, 3.8) is 0 Å². The zero-order chi connectivity index (χ0) is 14.9. The van der Waals surface area contributed by atoms with E-state index in [2.05, 4.69) is 26.9 Å². The van der Waals surface area contributed by atoms with Crippen molar-refractivity contribution in [2.24, 2.45) is 5.73 Å². The number of piperazine rings is 1. The highest BCUT2D eigenvalue weighted by molar-refractivity contribution is 9.10. The van der Waals surface area contributed by atoms with Crippen LogP contribution < -0.4 is 5.73 Å². The molecule has 1 heterocycles. The molecule has 1 aromatic rings. The maximum Gasteiger partial charge on any atom is 0.242 e. The average Bonchev–Trinajstić information content (AvgIpc) is 2.41. The highest BCUT2D eigenvalue weighted by Crippen LogP contribution is 2.34. The Bertz CT molecular complexity index is 504. The number of benzene rings is 1. The molecular weight excluding hydrogens is 318 g/mol. The Balaban J connectivity index is 2.37. The summed E-state index contributed by atoms with van der Waals surface area (Å²) in [7, 11) is 1.86. The maximum absolute atomic E-state index is 12.4. The molecule has 1 unspecified atom stereocenters. The van der Waals surface area contributed by atoms with Crippen molar-refractivity contribution in [3.8, 4) is 0 Å². The first-order valence-electron chi connectivity index (χ1n) is 6.86. The van der Waals surface area contributed by atoms with Crippen molar-refractivity contribution in [2.45, 2.75) is 25.4 Å². The summed E-state index contributed by atoms with van der Waals surface area (Å²) in [5.74, 6) is 0.147. The van der Waals surface area contributed by atoms with Gasteiger partial charge in [-0.3, -0.25) is 9.69 Å². The smallest absolute Gasteiger partial charge is 0.242 e. The number of rotatable bonds is 3. The number of likely N-dealkylation sites (N-methyl/N-ethyl adjacent to an activating group) is 1. The summed E-state index contributed by atoms with van der Waals surface area (Å²) >= 11 is 3.59. The van der Waals surface area contributed by atoms with E-state index in [0.717, 1.165) is 23.1 Å². The molecule has 20 heavy (non-hydrogen) atoms. The van der Waals surface area contributed by atoms with Crippen LogP contribution in [-0.4, -0.2) is 47.9 Å². The molecule has 1 amide bonds. The van der Waals surface area contributed by atoms with Crippen LogP contribution in [0.15, 0.2) is 28.7 Å². The molecule has 0 aliphatic carbocycles. The lowest BCUT2D eigenvalue weighted by Crippen LogP contribution is -2.63. The van der Waals surface area contributed by atoms with E-state index in [0.29, 0.717) is 6.54 Å². The van der Waals surface area contributed by atoms with Gasteiger partial charge in [0.2, 0.25) is 5.91 Å². The number of hydrogen-bond acceptors (Lipinski definition) is 3.